The molecule has 0 unspecified atom stereocenters. The molecule has 0 fully saturated rings. The van der Waals surface area contributed by atoms with Crippen LogP contribution in [0.2, 0.25) is 0 Å². The molecule has 0 saturated carbocycles. The highest BCUT2D eigenvalue weighted by Crippen LogP contribution is 2.05. The van der Waals surface area contributed by atoms with Gasteiger partial charge in [0, 0.05) is 0 Å². The Morgan fingerprint density at radius 2 is 1.35 bits per heavy atom. The molecule has 0 nitrogen and oxygen atoms in total. The van der Waals surface area contributed by atoms with Crippen LogP contribution in [-0.4, -0.2) is 0 Å². The quantitative estimate of drug-likeness (QED) is 0.232. The van der Waals surface area contributed by atoms with Gasteiger partial charge in [-0.25, -0.2) is 0 Å². The van der Waals surface area contributed by atoms with E-state index in [1.165, 1.54) is 38.5 Å². The topological polar surface area (TPSA) is 0 Å². The first-order valence-electron chi connectivity index (χ1n) is 7.17. The van der Waals surface area contributed by atoms with Crippen molar-refractivity contribution in [2.24, 2.45) is 0 Å². The summed E-state index contributed by atoms with van der Waals surface area (Å²) in [6.07, 6.45) is 24.5. The second kappa shape index (κ2) is 15.2. The highest BCUT2D eigenvalue weighted by Gasteiger charge is 1.85. The van der Waals surface area contributed by atoms with Crippen molar-refractivity contribution in [2.75, 3.05) is 0 Å². The molecule has 0 heterocycles. The van der Waals surface area contributed by atoms with Crippen molar-refractivity contribution in [3.63, 3.8) is 0 Å². The Kier molecular flexibility index (Phi) is 14.5. The van der Waals surface area contributed by atoms with E-state index in [0.29, 0.717) is 0 Å². The van der Waals surface area contributed by atoms with Crippen LogP contribution in [0.25, 0.3) is 0 Å². The van der Waals surface area contributed by atoms with E-state index < -0.39 is 0 Å². The van der Waals surface area contributed by atoms with Gasteiger partial charge in [-0.2, -0.15) is 0 Å². The van der Waals surface area contributed by atoms with Gasteiger partial charge in [-0.3, -0.25) is 0 Å². The van der Waals surface area contributed by atoms with Crippen LogP contribution in [0.3, 0.4) is 0 Å². The maximum atomic E-state index is 3.85. The molecular formula is C17H29. The fraction of sp³-hybridized carbons (Fsp3) is 0.588. The zero-order valence-electron chi connectivity index (χ0n) is 11.5. The third-order valence-electron chi connectivity index (χ3n) is 2.66. The lowest BCUT2D eigenvalue weighted by atomic mass is 10.1. The molecule has 0 saturated heterocycles. The standard InChI is InChI=1S/C17H29/c1-3-5-7-9-11-13-15-17-16-14-12-10-8-6-4-2/h6,8,14-17H,1,3-5,7,9-13H2,2H3/b8-6+,16-14+,17-15+. The Labute approximate surface area is 109 Å². The van der Waals surface area contributed by atoms with Crippen LogP contribution < -0.4 is 0 Å². The Morgan fingerprint density at radius 3 is 2.06 bits per heavy atom. The van der Waals surface area contributed by atoms with E-state index in [1.54, 1.807) is 0 Å². The summed E-state index contributed by atoms with van der Waals surface area (Å²) < 4.78 is 0. The maximum absolute atomic E-state index is 3.85. The summed E-state index contributed by atoms with van der Waals surface area (Å²) in [6, 6.07) is 0. The second-order valence-electron chi connectivity index (χ2n) is 4.37. The van der Waals surface area contributed by atoms with Gasteiger partial charge in [-0.1, -0.05) is 76.0 Å². The van der Waals surface area contributed by atoms with E-state index in [9.17, 15) is 0 Å². The van der Waals surface area contributed by atoms with Crippen molar-refractivity contribution in [2.45, 2.75) is 64.7 Å². The minimum atomic E-state index is 1.09. The first kappa shape index (κ1) is 16.2. The van der Waals surface area contributed by atoms with Gasteiger partial charge in [0.25, 0.3) is 0 Å². The van der Waals surface area contributed by atoms with Crippen molar-refractivity contribution < 1.29 is 0 Å². The highest BCUT2D eigenvalue weighted by atomic mass is 13.9. The summed E-state index contributed by atoms with van der Waals surface area (Å²) in [6.45, 7) is 6.02. The van der Waals surface area contributed by atoms with E-state index in [0.717, 1.165) is 19.3 Å². The Hall–Kier alpha value is -0.780. The van der Waals surface area contributed by atoms with E-state index >= 15 is 0 Å². The number of hydrogen-bond acceptors (Lipinski definition) is 0. The SMILES string of the molecule is [CH2]CCCCCC/C=C/C=C/CC/C=C/CC. The molecule has 0 amide bonds. The average molecular weight is 233 g/mol. The zero-order chi connectivity index (χ0) is 12.6. The molecule has 0 spiro atoms. The molecule has 97 valence electrons. The summed E-state index contributed by atoms with van der Waals surface area (Å²) in [7, 11) is 0. The van der Waals surface area contributed by atoms with Gasteiger partial charge >= 0.3 is 0 Å². The van der Waals surface area contributed by atoms with Crippen LogP contribution in [0.1, 0.15) is 64.7 Å². The summed E-state index contributed by atoms with van der Waals surface area (Å²) >= 11 is 0. The monoisotopic (exact) mass is 233 g/mol. The summed E-state index contributed by atoms with van der Waals surface area (Å²) in [5, 5.41) is 0. The van der Waals surface area contributed by atoms with Crippen molar-refractivity contribution in [3.8, 4) is 0 Å². The van der Waals surface area contributed by atoms with Gasteiger partial charge in [0.05, 0.1) is 0 Å². The molecule has 0 rings (SSSR count). The third-order valence-corrected chi connectivity index (χ3v) is 2.66. The number of allylic oxidation sites excluding steroid dienone is 6. The average Bonchev–Trinajstić information content (AvgIpc) is 2.35. The molecule has 0 bridgehead atoms. The molecule has 0 N–H and O–H groups in total. The molecular weight excluding hydrogens is 204 g/mol. The highest BCUT2D eigenvalue weighted by molar-refractivity contribution is 5.02. The van der Waals surface area contributed by atoms with Gasteiger partial charge in [-0.05, 0) is 32.1 Å². The predicted octanol–water partition coefficient (Wildman–Crippen LogP) is 6.02. The lowest BCUT2D eigenvalue weighted by Crippen LogP contribution is -1.75. The summed E-state index contributed by atoms with van der Waals surface area (Å²) in [4.78, 5) is 0. The van der Waals surface area contributed by atoms with Crippen molar-refractivity contribution in [3.05, 3.63) is 43.4 Å². The van der Waals surface area contributed by atoms with Gasteiger partial charge < -0.3 is 0 Å². The number of unbranched alkanes of at least 4 members (excludes halogenated alkanes) is 6. The molecule has 0 aromatic rings. The second-order valence-corrected chi connectivity index (χ2v) is 4.37. The molecule has 0 heteroatoms. The van der Waals surface area contributed by atoms with Gasteiger partial charge in [-0.15, -0.1) is 0 Å². The lowest BCUT2D eigenvalue weighted by Gasteiger charge is -1.95. The number of hydrogen-bond donors (Lipinski definition) is 0. The molecule has 0 aromatic carbocycles. The van der Waals surface area contributed by atoms with E-state index in [4.69, 9.17) is 0 Å². The van der Waals surface area contributed by atoms with Crippen molar-refractivity contribution >= 4 is 0 Å². The predicted molar refractivity (Wildman–Crippen MR) is 80.0 cm³/mol. The zero-order valence-corrected chi connectivity index (χ0v) is 11.5. The Bertz CT molecular complexity index is 208. The van der Waals surface area contributed by atoms with Crippen LogP contribution in [0, 0.1) is 6.92 Å². The van der Waals surface area contributed by atoms with Crippen LogP contribution in [0.15, 0.2) is 36.5 Å². The largest absolute Gasteiger partial charge is 0.0888 e. The van der Waals surface area contributed by atoms with Gasteiger partial charge in [0.2, 0.25) is 0 Å². The van der Waals surface area contributed by atoms with Crippen LogP contribution in [0.5, 0.6) is 0 Å². The normalized spacial score (nSPS) is 12.4. The van der Waals surface area contributed by atoms with Crippen LogP contribution in [0.4, 0.5) is 0 Å². The lowest BCUT2D eigenvalue weighted by molar-refractivity contribution is 0.651. The molecule has 1 radical (unpaired) electrons. The van der Waals surface area contributed by atoms with Crippen molar-refractivity contribution in [1.82, 2.24) is 0 Å². The molecule has 17 heavy (non-hydrogen) atoms. The molecule has 0 aliphatic heterocycles. The first-order valence-corrected chi connectivity index (χ1v) is 7.17. The molecule has 0 aromatic heterocycles. The van der Waals surface area contributed by atoms with Crippen LogP contribution in [-0.2, 0) is 0 Å². The number of rotatable bonds is 11. The smallest absolute Gasteiger partial charge is 0.0313 e. The van der Waals surface area contributed by atoms with Gasteiger partial charge in [0.15, 0.2) is 0 Å². The van der Waals surface area contributed by atoms with Crippen molar-refractivity contribution in [1.29, 1.82) is 0 Å². The molecule has 0 aliphatic rings. The fourth-order valence-corrected chi connectivity index (χ4v) is 1.62. The molecule has 0 atom stereocenters. The minimum absolute atomic E-state index is 1.09. The van der Waals surface area contributed by atoms with E-state index in [1.807, 2.05) is 0 Å². The minimum Gasteiger partial charge on any atom is -0.0888 e. The van der Waals surface area contributed by atoms with E-state index in [-0.39, 0.29) is 0 Å². The fourth-order valence-electron chi connectivity index (χ4n) is 1.62. The maximum Gasteiger partial charge on any atom is -0.0313 e. The Balaban J connectivity index is 3.23. The first-order chi connectivity index (χ1) is 8.41. The third kappa shape index (κ3) is 15.2. The van der Waals surface area contributed by atoms with Gasteiger partial charge in [0.1, 0.15) is 0 Å². The summed E-state index contributed by atoms with van der Waals surface area (Å²) in [5.74, 6) is 0. The van der Waals surface area contributed by atoms with E-state index in [2.05, 4.69) is 50.3 Å². The Morgan fingerprint density at radius 1 is 0.706 bits per heavy atom. The molecule has 0 aliphatic carbocycles. The van der Waals surface area contributed by atoms with Crippen LogP contribution >= 0.6 is 0 Å². The summed E-state index contributed by atoms with van der Waals surface area (Å²) in [5.41, 5.74) is 0.